The molecule has 2 rings (SSSR count). The van der Waals surface area contributed by atoms with Crippen molar-refractivity contribution in [2.45, 2.75) is 45.8 Å². The van der Waals surface area contributed by atoms with Crippen molar-refractivity contribution in [2.24, 2.45) is 0 Å². The maximum Gasteiger partial charge on any atom is 0.491 e. The second-order valence-electron chi connectivity index (χ2n) is 6.52. The van der Waals surface area contributed by atoms with E-state index in [9.17, 15) is 0 Å². The molecule has 1 saturated heterocycles. The van der Waals surface area contributed by atoms with E-state index < -0.39 is 0 Å². The number of hydrogen-bond acceptors (Lipinski definition) is 4. The van der Waals surface area contributed by atoms with Crippen LogP contribution in [0.5, 0.6) is 0 Å². The minimum Gasteiger partial charge on any atom is -0.400 e. The summed E-state index contributed by atoms with van der Waals surface area (Å²) in [5.41, 5.74) is 2.52. The summed E-state index contributed by atoms with van der Waals surface area (Å²) in [5.74, 6) is 0. The van der Waals surface area contributed by atoms with Gasteiger partial charge in [0.25, 0.3) is 0 Å². The minimum atomic E-state index is -0.331. The highest BCUT2D eigenvalue weighted by molar-refractivity contribution is 6.55. The van der Waals surface area contributed by atoms with Crippen LogP contribution in [-0.2, 0) is 9.31 Å². The van der Waals surface area contributed by atoms with Crippen LogP contribution < -0.4 is 5.32 Å². The Morgan fingerprint density at radius 3 is 2.43 bits per heavy atom. The van der Waals surface area contributed by atoms with Gasteiger partial charge in [-0.3, -0.25) is 4.98 Å². The van der Waals surface area contributed by atoms with E-state index in [1.807, 2.05) is 20.0 Å². The Labute approximate surface area is 128 Å². The molecule has 0 bridgehead atoms. The normalized spacial score (nSPS) is 20.9. The average Bonchev–Trinajstić information content (AvgIpc) is 2.60. The Morgan fingerprint density at radius 2 is 1.90 bits per heavy atom. The van der Waals surface area contributed by atoms with E-state index in [1.165, 1.54) is 0 Å². The summed E-state index contributed by atoms with van der Waals surface area (Å²) in [6.45, 7) is 11.0. The highest BCUT2D eigenvalue weighted by Crippen LogP contribution is 2.38. The van der Waals surface area contributed by atoms with Crippen LogP contribution in [-0.4, -0.2) is 36.9 Å². The molecule has 0 saturated carbocycles. The molecule has 1 aliphatic heterocycles. The Kier molecular flexibility index (Phi) is 4.56. The van der Waals surface area contributed by atoms with Gasteiger partial charge in [0.15, 0.2) is 0 Å². The van der Waals surface area contributed by atoms with Gasteiger partial charge < -0.3 is 14.6 Å². The van der Waals surface area contributed by atoms with Crippen LogP contribution in [0.25, 0.3) is 6.08 Å². The Balaban J connectivity index is 2.31. The first kappa shape index (κ1) is 16.2. The van der Waals surface area contributed by atoms with Crippen molar-refractivity contribution in [1.29, 1.82) is 0 Å². The predicted molar refractivity (Wildman–Crippen MR) is 87.0 cm³/mol. The summed E-state index contributed by atoms with van der Waals surface area (Å²) in [7, 11) is 1.59. The molecule has 0 radical (unpaired) electrons. The molecule has 0 amide bonds. The summed E-state index contributed by atoms with van der Waals surface area (Å²) in [4.78, 5) is 4.33. The molecular formula is C16H25BN2O2. The molecule has 0 aliphatic carbocycles. The Bertz CT molecular complexity index is 525. The van der Waals surface area contributed by atoms with Gasteiger partial charge in [-0.1, -0.05) is 12.1 Å². The molecular weight excluding hydrogens is 263 g/mol. The summed E-state index contributed by atoms with van der Waals surface area (Å²) in [5, 5.41) is 3.19. The minimum absolute atomic E-state index is 0.325. The van der Waals surface area contributed by atoms with Gasteiger partial charge in [0, 0.05) is 18.4 Å². The van der Waals surface area contributed by atoms with Gasteiger partial charge in [-0.2, -0.15) is 0 Å². The third-order valence-electron chi connectivity index (χ3n) is 4.33. The van der Waals surface area contributed by atoms with E-state index in [2.05, 4.69) is 50.1 Å². The van der Waals surface area contributed by atoms with Crippen molar-refractivity contribution in [3.05, 3.63) is 35.1 Å². The maximum atomic E-state index is 6.14. The fraction of sp³-hybridized carbons (Fsp3) is 0.562. The fourth-order valence-corrected chi connectivity index (χ4v) is 2.25. The first-order chi connectivity index (χ1) is 9.77. The van der Waals surface area contributed by atoms with Gasteiger partial charge in [-0.05, 0) is 58.8 Å². The molecule has 1 fully saturated rings. The van der Waals surface area contributed by atoms with Gasteiger partial charge in [0.05, 0.1) is 11.2 Å². The number of likely N-dealkylation sites (N-methyl/N-ethyl adjacent to an activating group) is 1. The van der Waals surface area contributed by atoms with Gasteiger partial charge >= 0.3 is 7.12 Å². The monoisotopic (exact) mass is 288 g/mol. The number of hydrogen-bond donors (Lipinski definition) is 1. The van der Waals surface area contributed by atoms with Crippen molar-refractivity contribution in [3.63, 3.8) is 0 Å². The second kappa shape index (κ2) is 5.91. The molecule has 2 heterocycles. The predicted octanol–water partition coefficient (Wildman–Crippen LogP) is 2.62. The topological polar surface area (TPSA) is 43.4 Å². The molecule has 0 unspecified atom stereocenters. The van der Waals surface area contributed by atoms with Crippen LogP contribution in [0.2, 0.25) is 0 Å². The first-order valence-electron chi connectivity index (χ1n) is 7.39. The van der Waals surface area contributed by atoms with Crippen LogP contribution in [0, 0.1) is 6.92 Å². The van der Waals surface area contributed by atoms with E-state index in [4.69, 9.17) is 9.31 Å². The lowest BCUT2D eigenvalue weighted by molar-refractivity contribution is 0.00578. The summed E-state index contributed by atoms with van der Waals surface area (Å²) in [6, 6.07) is 4.00. The van der Waals surface area contributed by atoms with Crippen LogP contribution in [0.3, 0.4) is 0 Å². The largest absolute Gasteiger partial charge is 0.491 e. The molecule has 4 nitrogen and oxygen atoms in total. The molecule has 1 aliphatic rings. The molecule has 1 aromatic rings. The molecule has 0 aromatic carbocycles. The highest BCUT2D eigenvalue weighted by Gasteiger charge is 2.52. The lowest BCUT2D eigenvalue weighted by Crippen LogP contribution is -2.41. The summed E-state index contributed by atoms with van der Waals surface area (Å²) in [6.07, 6.45) is 3.92. The molecule has 21 heavy (non-hydrogen) atoms. The van der Waals surface area contributed by atoms with Crippen LogP contribution in [0.15, 0.2) is 23.8 Å². The van der Waals surface area contributed by atoms with Gasteiger partial charge in [0.1, 0.15) is 0 Å². The van der Waals surface area contributed by atoms with Gasteiger partial charge in [-0.25, -0.2) is 0 Å². The first-order valence-corrected chi connectivity index (χ1v) is 7.39. The number of nitrogens with zero attached hydrogens (tertiary/aromatic N) is 1. The molecule has 0 spiro atoms. The Morgan fingerprint density at radius 1 is 1.29 bits per heavy atom. The summed E-state index contributed by atoms with van der Waals surface area (Å²) < 4.78 is 12.3. The zero-order chi connectivity index (χ0) is 15.7. The van der Waals surface area contributed by atoms with Crippen molar-refractivity contribution in [3.8, 4) is 0 Å². The smallest absolute Gasteiger partial charge is 0.400 e. The number of rotatable bonds is 4. The Hall–Kier alpha value is -1.17. The number of nitrogens with one attached hydrogen (secondary N) is 1. The molecule has 0 atom stereocenters. The highest BCUT2D eigenvalue weighted by atomic mass is 16.7. The van der Waals surface area contributed by atoms with E-state index in [1.54, 1.807) is 6.20 Å². The third-order valence-corrected chi connectivity index (χ3v) is 4.33. The van der Waals surface area contributed by atoms with Crippen LogP contribution in [0.4, 0.5) is 0 Å². The van der Waals surface area contributed by atoms with Crippen molar-refractivity contribution < 1.29 is 9.31 Å². The third kappa shape index (κ3) is 3.36. The quantitative estimate of drug-likeness (QED) is 0.865. The van der Waals surface area contributed by atoms with E-state index >= 15 is 0 Å². The van der Waals surface area contributed by atoms with E-state index in [0.29, 0.717) is 6.54 Å². The fourth-order valence-electron chi connectivity index (χ4n) is 2.25. The summed E-state index contributed by atoms with van der Waals surface area (Å²) >= 11 is 0. The second-order valence-corrected chi connectivity index (χ2v) is 6.52. The standard InChI is InChI=1S/C16H25BN2O2/c1-12-13(8-7-9-19-12)10-14(11-18-6)17-20-15(2,3)16(4,5)21-17/h7-10,18H,11H2,1-6H3. The zero-order valence-corrected chi connectivity index (χ0v) is 13.9. The number of aromatic nitrogens is 1. The molecule has 114 valence electrons. The van der Waals surface area contributed by atoms with E-state index in [-0.39, 0.29) is 18.3 Å². The van der Waals surface area contributed by atoms with Gasteiger partial charge in [0.2, 0.25) is 0 Å². The molecule has 5 heteroatoms. The lowest BCUT2D eigenvalue weighted by Gasteiger charge is -2.32. The number of aryl methyl sites for hydroxylation is 1. The zero-order valence-electron chi connectivity index (χ0n) is 13.9. The van der Waals surface area contributed by atoms with Crippen LogP contribution in [0.1, 0.15) is 39.0 Å². The lowest BCUT2D eigenvalue weighted by atomic mass is 9.77. The SMILES string of the molecule is CNCC(=Cc1cccnc1C)B1OC(C)(C)C(C)(C)O1. The van der Waals surface area contributed by atoms with E-state index in [0.717, 1.165) is 16.7 Å². The van der Waals surface area contributed by atoms with Gasteiger partial charge in [-0.15, -0.1) is 0 Å². The van der Waals surface area contributed by atoms with Crippen molar-refractivity contribution >= 4 is 13.2 Å². The average molecular weight is 288 g/mol. The van der Waals surface area contributed by atoms with Crippen molar-refractivity contribution in [1.82, 2.24) is 10.3 Å². The maximum absolute atomic E-state index is 6.14. The van der Waals surface area contributed by atoms with Crippen molar-refractivity contribution in [2.75, 3.05) is 13.6 Å². The molecule has 1 aromatic heterocycles. The molecule has 1 N–H and O–H groups in total. The number of pyridine rings is 1. The van der Waals surface area contributed by atoms with Crippen LogP contribution >= 0.6 is 0 Å².